The summed E-state index contributed by atoms with van der Waals surface area (Å²) in [7, 11) is 0. The average Bonchev–Trinajstić information content (AvgIpc) is 2.73. The lowest BCUT2D eigenvalue weighted by molar-refractivity contribution is 1.18. The highest BCUT2D eigenvalue weighted by Gasteiger charge is 2.04. The number of nitrogens with one attached hydrogen (secondary N) is 1. The van der Waals surface area contributed by atoms with E-state index in [1.807, 2.05) is 36.6 Å². The molecule has 0 amide bonds. The number of aryl methyl sites for hydroxylation is 1. The largest absolute Gasteiger partial charge is 0.379 e. The molecular formula is C13H11BrN2S. The van der Waals surface area contributed by atoms with Crippen LogP contribution >= 0.6 is 27.3 Å². The third-order valence-electron chi connectivity index (χ3n) is 2.43. The van der Waals surface area contributed by atoms with Gasteiger partial charge in [0, 0.05) is 9.35 Å². The highest BCUT2D eigenvalue weighted by atomic mass is 79.9. The van der Waals surface area contributed by atoms with E-state index in [9.17, 15) is 0 Å². The Morgan fingerprint density at radius 1 is 1.41 bits per heavy atom. The molecule has 0 aliphatic heterocycles. The molecule has 86 valence electrons. The van der Waals surface area contributed by atoms with Crippen LogP contribution in [-0.2, 0) is 6.54 Å². The van der Waals surface area contributed by atoms with E-state index in [0.29, 0.717) is 5.56 Å². The second kappa shape index (κ2) is 5.35. The molecule has 1 aromatic carbocycles. The standard InChI is InChI=1S/C13H11BrN2S/c1-9-2-3-12(10(6-9)7-15)16-8-13-11(14)4-5-17-13/h2-6,16H,8H2,1H3. The molecule has 0 saturated carbocycles. The van der Waals surface area contributed by atoms with E-state index < -0.39 is 0 Å². The number of benzene rings is 1. The van der Waals surface area contributed by atoms with Crippen molar-refractivity contribution < 1.29 is 0 Å². The number of rotatable bonds is 3. The van der Waals surface area contributed by atoms with Crippen LogP contribution in [0, 0.1) is 18.3 Å². The molecule has 0 radical (unpaired) electrons. The van der Waals surface area contributed by atoms with E-state index >= 15 is 0 Å². The lowest BCUT2D eigenvalue weighted by atomic mass is 10.1. The number of halogens is 1. The van der Waals surface area contributed by atoms with Gasteiger partial charge < -0.3 is 5.32 Å². The number of nitriles is 1. The van der Waals surface area contributed by atoms with Crippen LogP contribution in [0.2, 0.25) is 0 Å². The summed E-state index contributed by atoms with van der Waals surface area (Å²) < 4.78 is 1.11. The van der Waals surface area contributed by atoms with Crippen molar-refractivity contribution in [1.82, 2.24) is 0 Å². The molecule has 2 rings (SSSR count). The number of hydrogen-bond donors (Lipinski definition) is 1. The van der Waals surface area contributed by atoms with Crippen molar-refractivity contribution in [2.75, 3.05) is 5.32 Å². The minimum absolute atomic E-state index is 0.692. The van der Waals surface area contributed by atoms with Crippen molar-refractivity contribution in [3.8, 4) is 6.07 Å². The van der Waals surface area contributed by atoms with Crippen molar-refractivity contribution in [3.63, 3.8) is 0 Å². The predicted octanol–water partition coefficient (Wildman–Crippen LogP) is 4.30. The second-order valence-electron chi connectivity index (χ2n) is 3.71. The molecule has 0 unspecified atom stereocenters. The molecular weight excluding hydrogens is 296 g/mol. The molecule has 0 atom stereocenters. The zero-order valence-electron chi connectivity index (χ0n) is 9.33. The Labute approximate surface area is 113 Å². The molecule has 0 aliphatic carbocycles. The van der Waals surface area contributed by atoms with E-state index in [2.05, 4.69) is 27.3 Å². The van der Waals surface area contributed by atoms with E-state index in [4.69, 9.17) is 5.26 Å². The van der Waals surface area contributed by atoms with Gasteiger partial charge in [0.05, 0.1) is 17.8 Å². The predicted molar refractivity (Wildman–Crippen MR) is 75.2 cm³/mol. The molecule has 1 N–H and O–H groups in total. The summed E-state index contributed by atoms with van der Waals surface area (Å²) in [5.41, 5.74) is 2.68. The quantitative estimate of drug-likeness (QED) is 0.917. The molecule has 2 nitrogen and oxygen atoms in total. The third-order valence-corrected chi connectivity index (χ3v) is 4.35. The van der Waals surface area contributed by atoms with Crippen LogP contribution in [0.25, 0.3) is 0 Å². The first-order valence-electron chi connectivity index (χ1n) is 5.17. The Morgan fingerprint density at radius 3 is 2.88 bits per heavy atom. The zero-order valence-corrected chi connectivity index (χ0v) is 11.7. The molecule has 1 aromatic heterocycles. The summed E-state index contributed by atoms with van der Waals surface area (Å²) in [5, 5.41) is 14.4. The van der Waals surface area contributed by atoms with Gasteiger partial charge in [0.25, 0.3) is 0 Å². The van der Waals surface area contributed by atoms with E-state index in [0.717, 1.165) is 22.3 Å². The van der Waals surface area contributed by atoms with Crippen molar-refractivity contribution >= 4 is 33.0 Å². The summed E-state index contributed by atoms with van der Waals surface area (Å²) in [5.74, 6) is 0. The minimum atomic E-state index is 0.692. The number of hydrogen-bond acceptors (Lipinski definition) is 3. The lowest BCUT2D eigenvalue weighted by Crippen LogP contribution is -2.00. The fourth-order valence-electron chi connectivity index (χ4n) is 1.53. The summed E-state index contributed by atoms with van der Waals surface area (Å²) >= 11 is 5.19. The van der Waals surface area contributed by atoms with Crippen molar-refractivity contribution in [2.24, 2.45) is 0 Å². The van der Waals surface area contributed by atoms with Gasteiger partial charge in [-0.25, -0.2) is 0 Å². The van der Waals surface area contributed by atoms with Crippen LogP contribution in [-0.4, -0.2) is 0 Å². The van der Waals surface area contributed by atoms with Gasteiger partial charge in [0.2, 0.25) is 0 Å². The third kappa shape index (κ3) is 2.87. The first kappa shape index (κ1) is 12.2. The SMILES string of the molecule is Cc1ccc(NCc2sccc2Br)c(C#N)c1. The Balaban J connectivity index is 2.15. The molecule has 0 bridgehead atoms. The summed E-state index contributed by atoms with van der Waals surface area (Å²) in [4.78, 5) is 1.23. The Kier molecular flexibility index (Phi) is 3.82. The van der Waals surface area contributed by atoms with Gasteiger partial charge in [-0.3, -0.25) is 0 Å². The van der Waals surface area contributed by atoms with Crippen molar-refractivity contribution in [3.05, 3.63) is 50.1 Å². The van der Waals surface area contributed by atoms with Crippen LogP contribution < -0.4 is 5.32 Å². The highest BCUT2D eigenvalue weighted by Crippen LogP contribution is 2.24. The normalized spacial score (nSPS) is 9.94. The first-order valence-corrected chi connectivity index (χ1v) is 6.84. The molecule has 17 heavy (non-hydrogen) atoms. The molecule has 0 saturated heterocycles. The first-order chi connectivity index (χ1) is 8.20. The topological polar surface area (TPSA) is 35.8 Å². The van der Waals surface area contributed by atoms with Gasteiger partial charge in [-0.05, 0) is 52.0 Å². The van der Waals surface area contributed by atoms with E-state index in [1.54, 1.807) is 11.3 Å². The Bertz CT molecular complexity index is 569. The fourth-order valence-corrected chi connectivity index (χ4v) is 2.96. The fraction of sp³-hybridized carbons (Fsp3) is 0.154. The molecule has 1 heterocycles. The van der Waals surface area contributed by atoms with Gasteiger partial charge >= 0.3 is 0 Å². The number of thiophene rings is 1. The molecule has 0 aliphatic rings. The summed E-state index contributed by atoms with van der Waals surface area (Å²) in [6, 6.07) is 10.1. The maximum Gasteiger partial charge on any atom is 0.101 e. The van der Waals surface area contributed by atoms with Crippen LogP contribution in [0.15, 0.2) is 34.1 Å². The second-order valence-corrected chi connectivity index (χ2v) is 5.56. The Morgan fingerprint density at radius 2 is 2.24 bits per heavy atom. The molecule has 0 fully saturated rings. The maximum atomic E-state index is 9.06. The monoisotopic (exact) mass is 306 g/mol. The van der Waals surface area contributed by atoms with Crippen molar-refractivity contribution in [2.45, 2.75) is 13.5 Å². The zero-order chi connectivity index (χ0) is 12.3. The number of nitrogens with zero attached hydrogens (tertiary/aromatic N) is 1. The van der Waals surface area contributed by atoms with Crippen LogP contribution in [0.4, 0.5) is 5.69 Å². The highest BCUT2D eigenvalue weighted by molar-refractivity contribution is 9.10. The number of anilines is 1. The van der Waals surface area contributed by atoms with Crippen LogP contribution in [0.5, 0.6) is 0 Å². The summed E-state index contributed by atoms with van der Waals surface area (Å²) in [6.07, 6.45) is 0. The maximum absolute atomic E-state index is 9.06. The van der Waals surface area contributed by atoms with Gasteiger partial charge in [-0.15, -0.1) is 11.3 Å². The summed E-state index contributed by atoms with van der Waals surface area (Å²) in [6.45, 7) is 2.72. The van der Waals surface area contributed by atoms with E-state index in [-0.39, 0.29) is 0 Å². The van der Waals surface area contributed by atoms with Crippen LogP contribution in [0.3, 0.4) is 0 Å². The van der Waals surface area contributed by atoms with Crippen molar-refractivity contribution in [1.29, 1.82) is 5.26 Å². The lowest BCUT2D eigenvalue weighted by Gasteiger charge is -2.08. The minimum Gasteiger partial charge on any atom is -0.379 e. The molecule has 2 aromatic rings. The van der Waals surface area contributed by atoms with Crippen LogP contribution in [0.1, 0.15) is 16.0 Å². The smallest absolute Gasteiger partial charge is 0.101 e. The average molecular weight is 307 g/mol. The van der Waals surface area contributed by atoms with Gasteiger partial charge in [-0.1, -0.05) is 6.07 Å². The van der Waals surface area contributed by atoms with Gasteiger partial charge in [0.15, 0.2) is 0 Å². The van der Waals surface area contributed by atoms with Gasteiger partial charge in [-0.2, -0.15) is 5.26 Å². The van der Waals surface area contributed by atoms with Gasteiger partial charge in [0.1, 0.15) is 6.07 Å². The Hall–Kier alpha value is -1.31. The molecule has 0 spiro atoms. The van der Waals surface area contributed by atoms with E-state index in [1.165, 1.54) is 4.88 Å². The molecule has 4 heteroatoms.